The van der Waals surface area contributed by atoms with Gasteiger partial charge in [-0.15, -0.1) is 0 Å². The zero-order valence-corrected chi connectivity index (χ0v) is 11.5. The van der Waals surface area contributed by atoms with Gasteiger partial charge in [-0.1, -0.05) is 10.3 Å². The van der Waals surface area contributed by atoms with E-state index in [0.717, 1.165) is 32.1 Å². The molecule has 0 spiro atoms. The number of aromatic nitrogens is 4. The first kappa shape index (κ1) is 13.5. The molecule has 1 aliphatic heterocycles. The van der Waals surface area contributed by atoms with Crippen molar-refractivity contribution < 1.29 is 5.21 Å². The minimum absolute atomic E-state index is 0.223. The third-order valence-electron chi connectivity index (χ3n) is 3.69. The summed E-state index contributed by atoms with van der Waals surface area (Å²) in [5.74, 6) is 0.988. The Labute approximate surface area is 111 Å². The van der Waals surface area contributed by atoms with Crippen molar-refractivity contribution in [3.05, 3.63) is 0 Å². The number of rotatable bonds is 3. The number of nitrogens with zero attached hydrogens (tertiary/aromatic N) is 7. The normalized spacial score (nSPS) is 18.9. The summed E-state index contributed by atoms with van der Waals surface area (Å²) in [6, 6.07) is 0. The van der Waals surface area contributed by atoms with Crippen molar-refractivity contribution in [3.63, 3.8) is 0 Å². The Bertz CT molecular complexity index is 460. The van der Waals surface area contributed by atoms with Crippen molar-refractivity contribution in [3.8, 4) is 0 Å². The van der Waals surface area contributed by atoms with Gasteiger partial charge in [-0.3, -0.25) is 4.90 Å². The summed E-state index contributed by atoms with van der Waals surface area (Å²) in [6.45, 7) is 7.10. The second kappa shape index (κ2) is 5.00. The number of nitrogens with two attached hydrogens (primary N) is 1. The second-order valence-corrected chi connectivity index (χ2v) is 5.12. The molecule has 2 rings (SSSR count). The average Bonchev–Trinajstić information content (AvgIpc) is 2.84. The fourth-order valence-corrected chi connectivity index (χ4v) is 2.24. The van der Waals surface area contributed by atoms with Crippen LogP contribution in [-0.2, 0) is 7.05 Å². The standard InChI is InChI=1S/C10H20N8O/c1-10(2,8(11)13-19)18-6-4-17(5-7-18)9-12-14-15-16(9)3/h19H,4-7H2,1-3H3,(H2,11,13). The lowest BCUT2D eigenvalue weighted by Gasteiger charge is -2.43. The zero-order valence-electron chi connectivity index (χ0n) is 11.5. The molecule has 0 amide bonds. The van der Waals surface area contributed by atoms with Crippen LogP contribution in [0.2, 0.25) is 0 Å². The van der Waals surface area contributed by atoms with Crippen molar-refractivity contribution in [1.29, 1.82) is 0 Å². The maximum Gasteiger partial charge on any atom is 0.245 e. The number of oxime groups is 1. The lowest BCUT2D eigenvalue weighted by molar-refractivity contribution is 0.160. The Morgan fingerprint density at radius 2 is 1.95 bits per heavy atom. The number of amidine groups is 1. The molecule has 0 bridgehead atoms. The van der Waals surface area contributed by atoms with Crippen molar-refractivity contribution in [2.45, 2.75) is 19.4 Å². The molecule has 0 aromatic carbocycles. The third kappa shape index (κ3) is 2.46. The monoisotopic (exact) mass is 268 g/mol. The van der Waals surface area contributed by atoms with Gasteiger partial charge < -0.3 is 15.8 Å². The van der Waals surface area contributed by atoms with Crippen LogP contribution in [0.3, 0.4) is 0 Å². The maximum absolute atomic E-state index is 8.84. The van der Waals surface area contributed by atoms with Crippen LogP contribution in [0.5, 0.6) is 0 Å². The SMILES string of the molecule is Cn1nnnc1N1CCN(C(C)(C)C(N)=NO)CC1. The molecular weight excluding hydrogens is 248 g/mol. The molecule has 106 valence electrons. The summed E-state index contributed by atoms with van der Waals surface area (Å²) in [7, 11) is 1.82. The Morgan fingerprint density at radius 3 is 2.42 bits per heavy atom. The van der Waals surface area contributed by atoms with Crippen LogP contribution in [0.1, 0.15) is 13.8 Å². The molecule has 0 atom stereocenters. The molecule has 1 aliphatic rings. The Kier molecular flexibility index (Phi) is 3.56. The first-order valence-electron chi connectivity index (χ1n) is 6.17. The van der Waals surface area contributed by atoms with Crippen molar-refractivity contribution >= 4 is 11.8 Å². The van der Waals surface area contributed by atoms with Gasteiger partial charge in [-0.05, 0) is 24.3 Å². The van der Waals surface area contributed by atoms with E-state index in [1.807, 2.05) is 20.9 Å². The summed E-state index contributed by atoms with van der Waals surface area (Å²) in [6.07, 6.45) is 0. The lowest BCUT2D eigenvalue weighted by atomic mass is 10.0. The summed E-state index contributed by atoms with van der Waals surface area (Å²) in [5.41, 5.74) is 5.28. The number of tetrazole rings is 1. The number of piperazine rings is 1. The summed E-state index contributed by atoms with van der Waals surface area (Å²) >= 11 is 0. The summed E-state index contributed by atoms with van der Waals surface area (Å²) in [4.78, 5) is 4.31. The fourth-order valence-electron chi connectivity index (χ4n) is 2.24. The molecule has 0 unspecified atom stereocenters. The Balaban J connectivity index is 2.02. The van der Waals surface area contributed by atoms with Gasteiger partial charge in [-0.25, -0.2) is 4.68 Å². The number of hydrogen-bond acceptors (Lipinski definition) is 7. The van der Waals surface area contributed by atoms with Gasteiger partial charge in [0.2, 0.25) is 5.95 Å². The van der Waals surface area contributed by atoms with Crippen molar-refractivity contribution in [2.24, 2.45) is 17.9 Å². The first-order valence-corrected chi connectivity index (χ1v) is 6.17. The van der Waals surface area contributed by atoms with E-state index < -0.39 is 5.54 Å². The first-order chi connectivity index (χ1) is 8.96. The van der Waals surface area contributed by atoms with Gasteiger partial charge >= 0.3 is 0 Å². The quantitative estimate of drug-likeness (QED) is 0.308. The highest BCUT2D eigenvalue weighted by atomic mass is 16.4. The molecule has 1 aromatic rings. The van der Waals surface area contributed by atoms with E-state index >= 15 is 0 Å². The van der Waals surface area contributed by atoms with E-state index in [0.29, 0.717) is 0 Å². The average molecular weight is 268 g/mol. The largest absolute Gasteiger partial charge is 0.409 e. The molecule has 3 N–H and O–H groups in total. The van der Waals surface area contributed by atoms with E-state index in [-0.39, 0.29) is 5.84 Å². The number of anilines is 1. The predicted octanol–water partition coefficient (Wildman–Crippen LogP) is -1.14. The molecule has 9 heteroatoms. The molecule has 0 aliphatic carbocycles. The summed E-state index contributed by atoms with van der Waals surface area (Å²) in [5, 5.41) is 23.4. The van der Waals surface area contributed by atoms with Crippen LogP contribution in [0.25, 0.3) is 0 Å². The van der Waals surface area contributed by atoms with Crippen molar-refractivity contribution in [1.82, 2.24) is 25.1 Å². The molecule has 2 heterocycles. The highest BCUT2D eigenvalue weighted by Gasteiger charge is 2.34. The van der Waals surface area contributed by atoms with E-state index in [1.54, 1.807) is 4.68 Å². The number of aryl methyl sites for hydroxylation is 1. The van der Waals surface area contributed by atoms with Gasteiger partial charge in [0.25, 0.3) is 0 Å². The highest BCUT2D eigenvalue weighted by Crippen LogP contribution is 2.19. The molecule has 9 nitrogen and oxygen atoms in total. The van der Waals surface area contributed by atoms with Crippen LogP contribution in [0.15, 0.2) is 5.16 Å². The van der Waals surface area contributed by atoms with Crippen molar-refractivity contribution in [2.75, 3.05) is 31.1 Å². The van der Waals surface area contributed by atoms with Crippen LogP contribution >= 0.6 is 0 Å². The van der Waals surface area contributed by atoms with Crippen LogP contribution < -0.4 is 10.6 Å². The molecule has 1 aromatic heterocycles. The van der Waals surface area contributed by atoms with Crippen LogP contribution in [0.4, 0.5) is 5.95 Å². The van der Waals surface area contributed by atoms with Gasteiger partial charge in [0.05, 0.1) is 5.54 Å². The lowest BCUT2D eigenvalue weighted by Crippen LogP contribution is -2.60. The third-order valence-corrected chi connectivity index (χ3v) is 3.69. The second-order valence-electron chi connectivity index (χ2n) is 5.12. The van der Waals surface area contributed by atoms with E-state index in [2.05, 4.69) is 30.5 Å². The molecule has 0 radical (unpaired) electrons. The maximum atomic E-state index is 8.84. The topological polar surface area (TPSA) is 109 Å². The molecule has 0 saturated carbocycles. The van der Waals surface area contributed by atoms with Gasteiger partial charge in [-0.2, -0.15) is 0 Å². The highest BCUT2D eigenvalue weighted by molar-refractivity contribution is 5.88. The molecule has 1 fully saturated rings. The number of hydrogen-bond donors (Lipinski definition) is 2. The van der Waals surface area contributed by atoms with Crippen LogP contribution in [0, 0.1) is 0 Å². The molecular formula is C10H20N8O. The minimum atomic E-state index is -0.459. The van der Waals surface area contributed by atoms with E-state index in [9.17, 15) is 0 Å². The Morgan fingerprint density at radius 1 is 1.32 bits per heavy atom. The van der Waals surface area contributed by atoms with Gasteiger partial charge in [0.1, 0.15) is 0 Å². The minimum Gasteiger partial charge on any atom is -0.409 e. The zero-order chi connectivity index (χ0) is 14.0. The van der Waals surface area contributed by atoms with Crippen LogP contribution in [-0.4, -0.2) is 67.9 Å². The molecule has 1 saturated heterocycles. The Hall–Kier alpha value is -1.90. The predicted molar refractivity (Wildman–Crippen MR) is 70.1 cm³/mol. The fraction of sp³-hybridized carbons (Fsp3) is 0.800. The smallest absolute Gasteiger partial charge is 0.245 e. The van der Waals surface area contributed by atoms with Gasteiger partial charge in [0.15, 0.2) is 5.84 Å². The summed E-state index contributed by atoms with van der Waals surface area (Å²) < 4.78 is 1.66. The van der Waals surface area contributed by atoms with E-state index in [1.165, 1.54) is 0 Å². The molecule has 19 heavy (non-hydrogen) atoms. The van der Waals surface area contributed by atoms with Gasteiger partial charge in [0, 0.05) is 33.2 Å². The van der Waals surface area contributed by atoms with E-state index in [4.69, 9.17) is 10.9 Å².